The van der Waals surface area contributed by atoms with Gasteiger partial charge < -0.3 is 10.1 Å². The zero-order valence-corrected chi connectivity index (χ0v) is 13.0. The summed E-state index contributed by atoms with van der Waals surface area (Å²) in [6, 6.07) is 5.92. The van der Waals surface area contributed by atoms with E-state index in [4.69, 9.17) is 16.3 Å². The van der Waals surface area contributed by atoms with Gasteiger partial charge in [-0.25, -0.2) is 0 Å². The van der Waals surface area contributed by atoms with Gasteiger partial charge in [0.15, 0.2) is 0 Å². The van der Waals surface area contributed by atoms with Gasteiger partial charge in [0.05, 0.1) is 23.9 Å². The molecule has 0 spiro atoms. The molecule has 0 amide bonds. The second kappa shape index (κ2) is 6.29. The van der Waals surface area contributed by atoms with Gasteiger partial charge in [0.2, 0.25) is 0 Å². The van der Waals surface area contributed by atoms with E-state index in [1.165, 1.54) is 5.56 Å². The quantitative estimate of drug-likeness (QED) is 0.921. The number of benzene rings is 1. The molecule has 0 bridgehead atoms. The fraction of sp³-hybridized carbons (Fsp3) is 0.400. The molecule has 0 aliphatic rings. The maximum absolute atomic E-state index is 6.09. The standard InChI is InChI=1S/C15H20ClN3O/c1-5-13-11(9-19(3)18-13)15(17-2)10-6-7-12(16)14(8-10)20-4/h6-9,15,17H,5H2,1-4H3. The Morgan fingerprint density at radius 2 is 2.20 bits per heavy atom. The third-order valence-corrected chi connectivity index (χ3v) is 3.69. The molecule has 0 saturated heterocycles. The van der Waals surface area contributed by atoms with Crippen molar-refractivity contribution in [3.05, 3.63) is 46.2 Å². The fourth-order valence-electron chi connectivity index (χ4n) is 2.43. The van der Waals surface area contributed by atoms with Crippen molar-refractivity contribution in [3.63, 3.8) is 0 Å². The highest BCUT2D eigenvalue weighted by Crippen LogP contribution is 2.31. The van der Waals surface area contributed by atoms with Crippen LogP contribution in [0.4, 0.5) is 0 Å². The highest BCUT2D eigenvalue weighted by molar-refractivity contribution is 6.32. The Labute approximate surface area is 124 Å². The average molecular weight is 294 g/mol. The number of hydrogen-bond acceptors (Lipinski definition) is 3. The van der Waals surface area contributed by atoms with E-state index in [0.717, 1.165) is 17.7 Å². The van der Waals surface area contributed by atoms with E-state index in [1.807, 2.05) is 37.0 Å². The molecule has 1 unspecified atom stereocenters. The summed E-state index contributed by atoms with van der Waals surface area (Å²) in [5.41, 5.74) is 3.39. The molecule has 0 aliphatic heterocycles. The van der Waals surface area contributed by atoms with Crippen molar-refractivity contribution >= 4 is 11.6 Å². The molecule has 2 rings (SSSR count). The summed E-state index contributed by atoms with van der Waals surface area (Å²) < 4.78 is 7.15. The Morgan fingerprint density at radius 1 is 1.45 bits per heavy atom. The minimum Gasteiger partial charge on any atom is -0.495 e. The van der Waals surface area contributed by atoms with Crippen LogP contribution in [-0.2, 0) is 13.5 Å². The van der Waals surface area contributed by atoms with Crippen molar-refractivity contribution in [2.24, 2.45) is 7.05 Å². The first-order chi connectivity index (χ1) is 9.60. The first-order valence-electron chi connectivity index (χ1n) is 6.63. The zero-order chi connectivity index (χ0) is 14.7. The number of rotatable bonds is 5. The van der Waals surface area contributed by atoms with Crippen molar-refractivity contribution < 1.29 is 4.74 Å². The minimum absolute atomic E-state index is 0.0739. The number of nitrogens with one attached hydrogen (secondary N) is 1. The third kappa shape index (κ3) is 2.81. The van der Waals surface area contributed by atoms with E-state index in [1.54, 1.807) is 7.11 Å². The number of aromatic nitrogens is 2. The lowest BCUT2D eigenvalue weighted by Gasteiger charge is -2.18. The predicted octanol–water partition coefficient (Wildman–Crippen LogP) is 2.95. The van der Waals surface area contributed by atoms with Gasteiger partial charge in [-0.15, -0.1) is 0 Å². The molecule has 1 aromatic heterocycles. The molecule has 0 radical (unpaired) electrons. The lowest BCUT2D eigenvalue weighted by molar-refractivity contribution is 0.414. The van der Waals surface area contributed by atoms with Gasteiger partial charge in [-0.1, -0.05) is 24.6 Å². The van der Waals surface area contributed by atoms with E-state index in [2.05, 4.69) is 23.5 Å². The Hall–Kier alpha value is -1.52. The molecule has 1 heterocycles. The number of nitrogens with zero attached hydrogens (tertiary/aromatic N) is 2. The molecular weight excluding hydrogens is 274 g/mol. The summed E-state index contributed by atoms with van der Waals surface area (Å²) in [7, 11) is 5.51. The van der Waals surface area contributed by atoms with Crippen molar-refractivity contribution in [1.82, 2.24) is 15.1 Å². The molecule has 1 aromatic carbocycles. The summed E-state index contributed by atoms with van der Waals surface area (Å²) in [6.45, 7) is 2.11. The van der Waals surface area contributed by atoms with Crippen LogP contribution in [0.15, 0.2) is 24.4 Å². The van der Waals surface area contributed by atoms with Crippen molar-refractivity contribution in [2.75, 3.05) is 14.2 Å². The van der Waals surface area contributed by atoms with Crippen molar-refractivity contribution in [3.8, 4) is 5.75 Å². The van der Waals surface area contributed by atoms with Crippen LogP contribution >= 0.6 is 11.6 Å². The number of hydrogen-bond donors (Lipinski definition) is 1. The van der Waals surface area contributed by atoms with Gasteiger partial charge in [-0.05, 0) is 31.2 Å². The Bertz CT molecular complexity index is 595. The fourth-order valence-corrected chi connectivity index (χ4v) is 2.62. The topological polar surface area (TPSA) is 39.1 Å². The third-order valence-electron chi connectivity index (χ3n) is 3.38. The lowest BCUT2D eigenvalue weighted by atomic mass is 9.98. The van der Waals surface area contributed by atoms with Crippen LogP contribution in [0.2, 0.25) is 5.02 Å². The second-order valence-corrected chi connectivity index (χ2v) is 5.08. The second-order valence-electron chi connectivity index (χ2n) is 4.67. The maximum atomic E-state index is 6.09. The van der Waals surface area contributed by atoms with Crippen LogP contribution in [0.25, 0.3) is 0 Å². The van der Waals surface area contributed by atoms with Gasteiger partial charge in [0.1, 0.15) is 5.75 Å². The van der Waals surface area contributed by atoms with Crippen LogP contribution in [0.1, 0.15) is 29.8 Å². The zero-order valence-electron chi connectivity index (χ0n) is 12.3. The molecule has 0 aliphatic carbocycles. The summed E-state index contributed by atoms with van der Waals surface area (Å²) in [4.78, 5) is 0. The van der Waals surface area contributed by atoms with Crippen molar-refractivity contribution in [1.29, 1.82) is 0 Å². The highest BCUT2D eigenvalue weighted by atomic mass is 35.5. The van der Waals surface area contributed by atoms with Crippen LogP contribution in [-0.4, -0.2) is 23.9 Å². The van der Waals surface area contributed by atoms with Gasteiger partial charge in [0, 0.05) is 18.8 Å². The molecule has 5 heteroatoms. The molecule has 1 atom stereocenters. The van der Waals surface area contributed by atoms with E-state index >= 15 is 0 Å². The van der Waals surface area contributed by atoms with Gasteiger partial charge >= 0.3 is 0 Å². The maximum Gasteiger partial charge on any atom is 0.137 e. The number of methoxy groups -OCH3 is 1. The molecule has 20 heavy (non-hydrogen) atoms. The molecular formula is C15H20ClN3O. The van der Waals surface area contributed by atoms with Crippen LogP contribution in [0.3, 0.4) is 0 Å². The SMILES string of the molecule is CCc1nn(C)cc1C(NC)c1ccc(Cl)c(OC)c1. The summed E-state index contributed by atoms with van der Waals surface area (Å²) >= 11 is 6.09. The Balaban J connectivity index is 2.46. The van der Waals surface area contributed by atoms with Gasteiger partial charge in [0.25, 0.3) is 0 Å². The van der Waals surface area contributed by atoms with E-state index < -0.39 is 0 Å². The minimum atomic E-state index is 0.0739. The molecule has 2 aromatic rings. The molecule has 0 saturated carbocycles. The summed E-state index contributed by atoms with van der Waals surface area (Å²) in [6.07, 6.45) is 2.96. The van der Waals surface area contributed by atoms with E-state index in [-0.39, 0.29) is 6.04 Å². The predicted molar refractivity (Wildman–Crippen MR) is 81.5 cm³/mol. The Morgan fingerprint density at radius 3 is 2.80 bits per heavy atom. The van der Waals surface area contributed by atoms with Crippen molar-refractivity contribution in [2.45, 2.75) is 19.4 Å². The highest BCUT2D eigenvalue weighted by Gasteiger charge is 2.19. The molecule has 108 valence electrons. The smallest absolute Gasteiger partial charge is 0.137 e. The summed E-state index contributed by atoms with van der Waals surface area (Å²) in [5, 5.41) is 8.46. The van der Waals surface area contributed by atoms with Crippen LogP contribution in [0.5, 0.6) is 5.75 Å². The van der Waals surface area contributed by atoms with Gasteiger partial charge in [-0.2, -0.15) is 5.10 Å². The largest absolute Gasteiger partial charge is 0.495 e. The molecule has 4 nitrogen and oxygen atoms in total. The van der Waals surface area contributed by atoms with E-state index in [0.29, 0.717) is 10.8 Å². The first-order valence-corrected chi connectivity index (χ1v) is 7.01. The number of halogens is 1. The van der Waals surface area contributed by atoms with Gasteiger partial charge in [-0.3, -0.25) is 4.68 Å². The van der Waals surface area contributed by atoms with E-state index in [9.17, 15) is 0 Å². The average Bonchev–Trinajstić information content (AvgIpc) is 2.82. The summed E-state index contributed by atoms with van der Waals surface area (Å²) in [5.74, 6) is 0.686. The lowest BCUT2D eigenvalue weighted by Crippen LogP contribution is -2.18. The Kier molecular flexibility index (Phi) is 4.68. The molecule has 0 fully saturated rings. The van der Waals surface area contributed by atoms with Crippen LogP contribution < -0.4 is 10.1 Å². The molecule has 1 N–H and O–H groups in total. The first kappa shape index (κ1) is 14.9. The normalized spacial score (nSPS) is 12.4. The number of aryl methyl sites for hydroxylation is 2. The van der Waals surface area contributed by atoms with Crippen LogP contribution in [0, 0.1) is 0 Å². The number of ether oxygens (including phenoxy) is 1. The monoisotopic (exact) mass is 293 g/mol.